The molecule has 5 rings (SSSR count). The van der Waals surface area contributed by atoms with Gasteiger partial charge in [0, 0.05) is 18.7 Å². The number of ether oxygens (including phenoxy) is 3. The lowest BCUT2D eigenvalue weighted by Crippen LogP contribution is -2.42. The fraction of sp³-hybridized carbons (Fsp3) is 0.333. The maximum atomic E-state index is 13.1. The number of rotatable bonds is 9. The van der Waals surface area contributed by atoms with Gasteiger partial charge in [-0.15, -0.1) is 0 Å². The first-order valence-corrected chi connectivity index (χ1v) is 13.4. The van der Waals surface area contributed by atoms with Crippen LogP contribution in [0.15, 0.2) is 59.0 Å². The highest BCUT2D eigenvalue weighted by molar-refractivity contribution is 6.02. The highest BCUT2D eigenvalue weighted by atomic mass is 19.1. The van der Waals surface area contributed by atoms with Crippen molar-refractivity contribution in [2.45, 2.75) is 26.3 Å². The number of nitrogens with zero attached hydrogens (tertiary/aromatic N) is 2. The molecule has 2 aliphatic rings. The van der Waals surface area contributed by atoms with Gasteiger partial charge in [0.2, 0.25) is 0 Å². The zero-order valence-electron chi connectivity index (χ0n) is 22.5. The third-order valence-electron chi connectivity index (χ3n) is 6.92. The summed E-state index contributed by atoms with van der Waals surface area (Å²) >= 11 is 0. The number of hydrogen-bond acceptors (Lipinski definition) is 8. The predicted molar refractivity (Wildman–Crippen MR) is 143 cm³/mol. The lowest BCUT2D eigenvalue weighted by molar-refractivity contribution is -0.149. The fourth-order valence-electron chi connectivity index (χ4n) is 4.82. The van der Waals surface area contributed by atoms with Crippen LogP contribution >= 0.6 is 0 Å². The first-order valence-electron chi connectivity index (χ1n) is 13.4. The number of hydrogen-bond donors (Lipinski definition) is 0. The standard InChI is InChI=1S/C30H29FN2O8/c1-2-38-30(37)20-4-3-13-32(15-20)29(36)27-12-10-23(41-27)16-33-24-14-19(5-11-26(24)40-18-28(33)35)25(34)17-39-22-8-6-21(31)7-9-22/h5-12,14,20H,2-4,13,15-18H2,1H3/t20-/m1/s1. The number of piperidine rings is 1. The monoisotopic (exact) mass is 564 g/mol. The number of anilines is 1. The molecule has 3 heterocycles. The van der Waals surface area contributed by atoms with Gasteiger partial charge < -0.3 is 23.5 Å². The van der Waals surface area contributed by atoms with E-state index < -0.39 is 5.82 Å². The first-order chi connectivity index (χ1) is 19.8. The van der Waals surface area contributed by atoms with Gasteiger partial charge in [0.05, 0.1) is 24.8 Å². The molecule has 214 valence electrons. The van der Waals surface area contributed by atoms with Crippen LogP contribution in [-0.2, 0) is 20.9 Å². The maximum Gasteiger partial charge on any atom is 0.310 e. The molecule has 0 unspecified atom stereocenters. The van der Waals surface area contributed by atoms with Crippen molar-refractivity contribution in [3.05, 3.63) is 77.5 Å². The van der Waals surface area contributed by atoms with Gasteiger partial charge in [-0.05, 0) is 74.4 Å². The second-order valence-corrected chi connectivity index (χ2v) is 9.73. The fourth-order valence-corrected chi connectivity index (χ4v) is 4.82. The number of esters is 1. The predicted octanol–water partition coefficient (Wildman–Crippen LogP) is 4.02. The van der Waals surface area contributed by atoms with Crippen molar-refractivity contribution >= 4 is 29.3 Å². The number of amides is 2. The second-order valence-electron chi connectivity index (χ2n) is 9.73. The van der Waals surface area contributed by atoms with Crippen LogP contribution in [0.2, 0.25) is 0 Å². The summed E-state index contributed by atoms with van der Waals surface area (Å²) < 4.78 is 35.1. The summed E-state index contributed by atoms with van der Waals surface area (Å²) in [6.07, 6.45) is 1.34. The Morgan fingerprint density at radius 3 is 2.66 bits per heavy atom. The summed E-state index contributed by atoms with van der Waals surface area (Å²) in [6.45, 7) is 2.33. The van der Waals surface area contributed by atoms with Gasteiger partial charge in [-0.1, -0.05) is 0 Å². The highest BCUT2D eigenvalue weighted by Gasteiger charge is 2.32. The van der Waals surface area contributed by atoms with E-state index in [0.29, 0.717) is 47.9 Å². The third kappa shape index (κ3) is 6.40. The van der Waals surface area contributed by atoms with E-state index in [9.17, 15) is 23.6 Å². The van der Waals surface area contributed by atoms with E-state index in [2.05, 4.69) is 0 Å². The van der Waals surface area contributed by atoms with Crippen LogP contribution in [0.5, 0.6) is 11.5 Å². The molecule has 0 radical (unpaired) electrons. The van der Waals surface area contributed by atoms with Crippen molar-refractivity contribution in [3.63, 3.8) is 0 Å². The molecule has 2 aliphatic heterocycles. The molecule has 2 aromatic carbocycles. The maximum absolute atomic E-state index is 13.1. The molecule has 3 aromatic rings. The summed E-state index contributed by atoms with van der Waals surface area (Å²) in [5.74, 6) is -0.887. The average Bonchev–Trinajstić information content (AvgIpc) is 3.46. The largest absolute Gasteiger partial charge is 0.485 e. The average molecular weight is 565 g/mol. The minimum Gasteiger partial charge on any atom is -0.485 e. The molecule has 0 aliphatic carbocycles. The first kappa shape index (κ1) is 27.9. The van der Waals surface area contributed by atoms with Crippen LogP contribution in [0, 0.1) is 11.7 Å². The number of ketones is 1. The SMILES string of the molecule is CCOC(=O)[C@@H]1CCCN(C(=O)c2ccc(CN3C(=O)COc4ccc(C(=O)COc5ccc(F)cc5)cc43)o2)C1. The molecule has 0 N–H and O–H groups in total. The summed E-state index contributed by atoms with van der Waals surface area (Å²) in [6, 6.07) is 13.2. The zero-order valence-corrected chi connectivity index (χ0v) is 22.5. The Bertz CT molecular complexity index is 1450. The van der Waals surface area contributed by atoms with Gasteiger partial charge in [0.15, 0.2) is 24.8 Å². The molecule has 0 bridgehead atoms. The highest BCUT2D eigenvalue weighted by Crippen LogP contribution is 2.34. The number of halogens is 1. The number of furan rings is 1. The number of benzene rings is 2. The van der Waals surface area contributed by atoms with Crippen LogP contribution in [0.3, 0.4) is 0 Å². The van der Waals surface area contributed by atoms with E-state index in [1.165, 1.54) is 29.2 Å². The molecule has 1 saturated heterocycles. The van der Waals surface area contributed by atoms with E-state index >= 15 is 0 Å². The molecule has 10 nitrogen and oxygen atoms in total. The third-order valence-corrected chi connectivity index (χ3v) is 6.92. The van der Waals surface area contributed by atoms with Crippen molar-refractivity contribution in [1.82, 2.24) is 4.90 Å². The number of carbonyl (C=O) groups is 4. The topological polar surface area (TPSA) is 116 Å². The minimum atomic E-state index is -0.412. The van der Waals surface area contributed by atoms with Gasteiger partial charge in [0.1, 0.15) is 23.1 Å². The van der Waals surface area contributed by atoms with Gasteiger partial charge in [-0.25, -0.2) is 4.39 Å². The van der Waals surface area contributed by atoms with E-state index in [0.717, 1.165) is 0 Å². The van der Waals surface area contributed by atoms with Crippen molar-refractivity contribution in [2.75, 3.05) is 37.8 Å². The lowest BCUT2D eigenvalue weighted by atomic mass is 9.98. The molecule has 1 aromatic heterocycles. The van der Waals surface area contributed by atoms with Gasteiger partial charge >= 0.3 is 5.97 Å². The van der Waals surface area contributed by atoms with Crippen molar-refractivity contribution in [1.29, 1.82) is 0 Å². The molecule has 41 heavy (non-hydrogen) atoms. The summed E-state index contributed by atoms with van der Waals surface area (Å²) in [5, 5.41) is 0. The molecule has 2 amide bonds. The quantitative estimate of drug-likeness (QED) is 0.283. The van der Waals surface area contributed by atoms with E-state index in [4.69, 9.17) is 18.6 Å². The van der Waals surface area contributed by atoms with Gasteiger partial charge in [-0.3, -0.25) is 24.1 Å². The number of likely N-dealkylation sites (tertiary alicyclic amines) is 1. The van der Waals surface area contributed by atoms with Gasteiger partial charge in [0.25, 0.3) is 11.8 Å². The van der Waals surface area contributed by atoms with Crippen molar-refractivity contribution < 1.29 is 42.2 Å². The molecule has 11 heteroatoms. The second kappa shape index (κ2) is 12.2. The van der Waals surface area contributed by atoms with E-state index in [1.54, 1.807) is 42.2 Å². The van der Waals surface area contributed by atoms with Crippen LogP contribution in [0.25, 0.3) is 0 Å². The Morgan fingerprint density at radius 1 is 1.07 bits per heavy atom. The minimum absolute atomic E-state index is 0.0116. The summed E-state index contributed by atoms with van der Waals surface area (Å²) in [4.78, 5) is 53.9. The Labute approximate surface area is 235 Å². The molecule has 1 fully saturated rings. The molecular formula is C30H29FN2O8. The lowest BCUT2D eigenvalue weighted by Gasteiger charge is -2.31. The Kier molecular flexibility index (Phi) is 8.32. The van der Waals surface area contributed by atoms with E-state index in [-0.39, 0.29) is 68.2 Å². The van der Waals surface area contributed by atoms with Crippen LogP contribution in [0.1, 0.15) is 46.4 Å². The summed E-state index contributed by atoms with van der Waals surface area (Å²) in [5.41, 5.74) is 0.678. The summed E-state index contributed by atoms with van der Waals surface area (Å²) in [7, 11) is 0. The van der Waals surface area contributed by atoms with Crippen LogP contribution in [-0.4, -0.2) is 61.4 Å². The van der Waals surface area contributed by atoms with E-state index in [1.807, 2.05) is 0 Å². The number of fused-ring (bicyclic) bond motifs is 1. The van der Waals surface area contributed by atoms with Crippen molar-refractivity contribution in [3.8, 4) is 11.5 Å². The Balaban J connectivity index is 1.27. The molecule has 0 saturated carbocycles. The normalized spacial score (nSPS) is 16.5. The Hall–Kier alpha value is -4.67. The van der Waals surface area contributed by atoms with Crippen LogP contribution < -0.4 is 14.4 Å². The molecular weight excluding hydrogens is 535 g/mol. The Morgan fingerprint density at radius 2 is 1.88 bits per heavy atom. The number of carbonyl (C=O) groups excluding carboxylic acids is 4. The number of Topliss-reactive ketones (excluding diaryl/α,β-unsaturated/α-hetero) is 1. The zero-order chi connectivity index (χ0) is 28.9. The van der Waals surface area contributed by atoms with Crippen LogP contribution in [0.4, 0.5) is 10.1 Å². The van der Waals surface area contributed by atoms with Gasteiger partial charge in [-0.2, -0.15) is 0 Å². The molecule has 1 atom stereocenters. The smallest absolute Gasteiger partial charge is 0.310 e. The molecule has 0 spiro atoms. The van der Waals surface area contributed by atoms with Crippen molar-refractivity contribution in [2.24, 2.45) is 5.92 Å².